The van der Waals surface area contributed by atoms with Crippen molar-refractivity contribution in [2.75, 3.05) is 45.1 Å². The summed E-state index contributed by atoms with van der Waals surface area (Å²) in [5, 5.41) is 18.5. The molecular weight excluding hydrogens is 430 g/mol. The van der Waals surface area contributed by atoms with Crippen LogP contribution in [0.4, 0.5) is 11.8 Å². The Morgan fingerprint density at radius 1 is 1.00 bits per heavy atom. The van der Waals surface area contributed by atoms with Gasteiger partial charge in [-0.1, -0.05) is 18.2 Å². The number of hydrogen-bond donors (Lipinski definition) is 3. The average molecular weight is 466 g/mol. The number of hydrogen-bond acceptors (Lipinski definition) is 8. The maximum Gasteiger partial charge on any atom is 0.225 e. The van der Waals surface area contributed by atoms with Gasteiger partial charge in [0.05, 0.1) is 19.7 Å². The summed E-state index contributed by atoms with van der Waals surface area (Å²) in [6.45, 7) is 1.57. The van der Waals surface area contributed by atoms with E-state index in [0.29, 0.717) is 36.0 Å². The first-order chi connectivity index (χ1) is 16.5. The molecule has 3 aromatic rings. The number of aromatic nitrogens is 2. The highest BCUT2D eigenvalue weighted by Crippen LogP contribution is 2.38. The number of phenolic OH excluding ortho intramolecular Hbond substituents is 1. The zero-order valence-electron chi connectivity index (χ0n) is 20.5. The van der Waals surface area contributed by atoms with Crippen LogP contribution in [0.5, 0.6) is 17.2 Å². The number of ether oxygens (including phenoxy) is 2. The van der Waals surface area contributed by atoms with Crippen molar-refractivity contribution in [1.82, 2.24) is 15.3 Å². The highest BCUT2D eigenvalue weighted by atomic mass is 16.5. The lowest BCUT2D eigenvalue weighted by molar-refractivity contribution is 0.320. The van der Waals surface area contributed by atoms with Gasteiger partial charge in [0, 0.05) is 37.6 Å². The van der Waals surface area contributed by atoms with Crippen molar-refractivity contribution in [3.05, 3.63) is 42.0 Å². The number of fused-ring (bicyclic) bond motifs is 1. The van der Waals surface area contributed by atoms with Crippen molar-refractivity contribution in [3.8, 4) is 17.2 Å². The van der Waals surface area contributed by atoms with Crippen molar-refractivity contribution in [1.29, 1.82) is 0 Å². The molecule has 0 radical (unpaired) electrons. The summed E-state index contributed by atoms with van der Waals surface area (Å²) in [4.78, 5) is 11.6. The van der Waals surface area contributed by atoms with Gasteiger partial charge in [-0.3, -0.25) is 0 Å². The summed E-state index contributed by atoms with van der Waals surface area (Å²) < 4.78 is 10.6. The molecule has 0 aliphatic heterocycles. The summed E-state index contributed by atoms with van der Waals surface area (Å²) in [6.07, 6.45) is 4.46. The molecule has 0 amide bonds. The third kappa shape index (κ3) is 5.28. The van der Waals surface area contributed by atoms with Crippen LogP contribution in [0, 0.1) is 5.92 Å². The lowest BCUT2D eigenvalue weighted by Crippen LogP contribution is -2.31. The number of nitrogens with one attached hydrogen (secondary N) is 2. The SMILES string of the molecule is COc1ccc(CNCC2CCC(Nc3nc(N(C)C)c4ccccc4n3)CC2)c(OC)c1O. The van der Waals surface area contributed by atoms with Gasteiger partial charge in [-0.05, 0) is 56.3 Å². The average Bonchev–Trinajstić information content (AvgIpc) is 2.85. The largest absolute Gasteiger partial charge is 0.502 e. The van der Waals surface area contributed by atoms with Crippen LogP contribution in [-0.2, 0) is 6.54 Å². The lowest BCUT2D eigenvalue weighted by atomic mass is 9.86. The summed E-state index contributed by atoms with van der Waals surface area (Å²) in [5.74, 6) is 3.18. The van der Waals surface area contributed by atoms with Gasteiger partial charge < -0.3 is 30.1 Å². The van der Waals surface area contributed by atoms with Crippen molar-refractivity contribution in [2.45, 2.75) is 38.3 Å². The van der Waals surface area contributed by atoms with E-state index in [9.17, 15) is 5.11 Å². The topological polar surface area (TPSA) is 91.8 Å². The minimum atomic E-state index is 0.0456. The van der Waals surface area contributed by atoms with Gasteiger partial charge in [0.25, 0.3) is 0 Å². The molecule has 1 fully saturated rings. The summed E-state index contributed by atoms with van der Waals surface area (Å²) >= 11 is 0. The number of para-hydroxylation sites is 1. The Balaban J connectivity index is 1.30. The molecule has 1 saturated carbocycles. The van der Waals surface area contributed by atoms with Gasteiger partial charge in [0.1, 0.15) is 5.82 Å². The van der Waals surface area contributed by atoms with Gasteiger partial charge in [-0.25, -0.2) is 4.98 Å². The van der Waals surface area contributed by atoms with Crippen molar-refractivity contribution in [2.24, 2.45) is 5.92 Å². The monoisotopic (exact) mass is 465 g/mol. The molecule has 1 aliphatic carbocycles. The Bertz CT molecular complexity index is 1110. The van der Waals surface area contributed by atoms with E-state index in [1.165, 1.54) is 7.11 Å². The Labute approximate surface area is 201 Å². The number of aromatic hydroxyl groups is 1. The Hall–Kier alpha value is -3.26. The standard InChI is InChI=1S/C26H35N5O3/c1-31(2)25-20-7-5-6-8-21(20)29-26(30-25)28-19-12-9-17(10-13-19)15-27-16-18-11-14-22(33-3)23(32)24(18)34-4/h5-8,11,14,17,19,27,32H,9-10,12-13,15-16H2,1-4H3,(H,28,29,30). The van der Waals surface area contributed by atoms with Crippen LogP contribution in [-0.4, -0.2) is 56.0 Å². The number of methoxy groups -OCH3 is 2. The molecule has 34 heavy (non-hydrogen) atoms. The Morgan fingerprint density at radius 3 is 2.47 bits per heavy atom. The molecule has 8 heteroatoms. The molecule has 1 aliphatic rings. The summed E-state index contributed by atoms with van der Waals surface area (Å²) in [6, 6.07) is 12.2. The van der Waals surface area contributed by atoms with E-state index >= 15 is 0 Å². The number of rotatable bonds is 9. The molecule has 0 spiro atoms. The Morgan fingerprint density at radius 2 is 1.76 bits per heavy atom. The molecule has 0 bridgehead atoms. The van der Waals surface area contributed by atoms with Crippen LogP contribution in [0.25, 0.3) is 10.9 Å². The summed E-state index contributed by atoms with van der Waals surface area (Å²) in [5.41, 5.74) is 1.88. The van der Waals surface area contributed by atoms with Gasteiger partial charge in [0.2, 0.25) is 11.7 Å². The van der Waals surface area contributed by atoms with E-state index in [0.717, 1.165) is 54.5 Å². The quantitative estimate of drug-likeness (QED) is 0.434. The maximum absolute atomic E-state index is 10.3. The molecule has 4 rings (SSSR count). The highest BCUT2D eigenvalue weighted by Gasteiger charge is 2.22. The van der Waals surface area contributed by atoms with Gasteiger partial charge in [0.15, 0.2) is 11.5 Å². The number of nitrogens with zero attached hydrogens (tertiary/aromatic N) is 3. The van der Waals surface area contributed by atoms with Crippen LogP contribution >= 0.6 is 0 Å². The first-order valence-electron chi connectivity index (χ1n) is 11.8. The minimum Gasteiger partial charge on any atom is -0.502 e. The normalized spacial score (nSPS) is 18.0. The third-order valence-electron chi connectivity index (χ3n) is 6.54. The Kier molecular flexibility index (Phi) is 7.57. The van der Waals surface area contributed by atoms with Crippen molar-refractivity contribution in [3.63, 3.8) is 0 Å². The molecule has 0 atom stereocenters. The van der Waals surface area contributed by atoms with Crippen LogP contribution < -0.4 is 25.0 Å². The van der Waals surface area contributed by atoms with Crippen LogP contribution in [0.3, 0.4) is 0 Å². The second-order valence-corrected chi connectivity index (χ2v) is 9.08. The van der Waals surface area contributed by atoms with E-state index in [4.69, 9.17) is 19.4 Å². The molecule has 8 nitrogen and oxygen atoms in total. The van der Waals surface area contributed by atoms with Gasteiger partial charge in [-0.15, -0.1) is 0 Å². The summed E-state index contributed by atoms with van der Waals surface area (Å²) in [7, 11) is 7.12. The fourth-order valence-electron chi connectivity index (χ4n) is 4.70. The molecule has 0 unspecified atom stereocenters. The zero-order chi connectivity index (χ0) is 24.1. The third-order valence-corrected chi connectivity index (χ3v) is 6.54. The first-order valence-corrected chi connectivity index (χ1v) is 11.8. The van der Waals surface area contributed by atoms with Gasteiger partial charge in [-0.2, -0.15) is 4.98 Å². The van der Waals surface area contributed by atoms with Crippen LogP contribution in [0.2, 0.25) is 0 Å². The predicted molar refractivity (Wildman–Crippen MR) is 136 cm³/mol. The van der Waals surface area contributed by atoms with E-state index < -0.39 is 0 Å². The second-order valence-electron chi connectivity index (χ2n) is 9.08. The number of phenols is 1. The van der Waals surface area contributed by atoms with E-state index in [2.05, 4.69) is 16.7 Å². The predicted octanol–water partition coefficient (Wildman–Crippen LogP) is 4.18. The number of benzene rings is 2. The molecule has 3 N–H and O–H groups in total. The van der Waals surface area contributed by atoms with Crippen molar-refractivity contribution < 1.29 is 14.6 Å². The van der Waals surface area contributed by atoms with Crippen molar-refractivity contribution >= 4 is 22.7 Å². The smallest absolute Gasteiger partial charge is 0.225 e. The molecule has 0 saturated heterocycles. The zero-order valence-corrected chi connectivity index (χ0v) is 20.5. The molecule has 1 heterocycles. The fraction of sp³-hybridized carbons (Fsp3) is 0.462. The van der Waals surface area contributed by atoms with Crippen LogP contribution in [0.1, 0.15) is 31.2 Å². The maximum atomic E-state index is 10.3. The van der Waals surface area contributed by atoms with Crippen LogP contribution in [0.15, 0.2) is 36.4 Å². The van der Waals surface area contributed by atoms with Gasteiger partial charge >= 0.3 is 0 Å². The number of anilines is 2. The minimum absolute atomic E-state index is 0.0456. The fourth-order valence-corrected chi connectivity index (χ4v) is 4.70. The van der Waals surface area contributed by atoms with E-state index in [1.54, 1.807) is 13.2 Å². The molecular formula is C26H35N5O3. The molecule has 1 aromatic heterocycles. The first kappa shape index (κ1) is 23.9. The lowest BCUT2D eigenvalue weighted by Gasteiger charge is -2.29. The molecule has 182 valence electrons. The van der Waals surface area contributed by atoms with E-state index in [1.807, 2.05) is 43.3 Å². The molecule has 2 aromatic carbocycles. The van der Waals surface area contributed by atoms with E-state index in [-0.39, 0.29) is 5.75 Å². The highest BCUT2D eigenvalue weighted by molar-refractivity contribution is 5.90. The second kappa shape index (κ2) is 10.8.